The van der Waals surface area contributed by atoms with Crippen LogP contribution in [0.4, 0.5) is 5.69 Å². The van der Waals surface area contributed by atoms with Gasteiger partial charge in [-0.05, 0) is 23.9 Å². The van der Waals surface area contributed by atoms with Crippen molar-refractivity contribution in [1.29, 1.82) is 0 Å². The molecule has 237 valence electrons. The van der Waals surface area contributed by atoms with Crippen LogP contribution in [-0.4, -0.2) is 10.1 Å². The summed E-state index contributed by atoms with van der Waals surface area (Å²) in [5.74, 6) is 1.25. The minimum absolute atomic E-state index is 0. The number of para-hydroxylation sites is 2. The molecule has 1 unspecified atom stereocenters. The molecule has 1 aromatic heterocycles. The summed E-state index contributed by atoms with van der Waals surface area (Å²) in [7, 11) is 0. The van der Waals surface area contributed by atoms with Crippen LogP contribution in [0.3, 0.4) is 0 Å². The minimum Gasteiger partial charge on any atom is -0.672 e. The van der Waals surface area contributed by atoms with Crippen LogP contribution in [0.25, 0.3) is 16.6 Å². The molecule has 0 fully saturated rings. The van der Waals surface area contributed by atoms with Crippen LogP contribution in [0.1, 0.15) is 78.4 Å². The van der Waals surface area contributed by atoms with E-state index in [-0.39, 0.29) is 32.2 Å². The van der Waals surface area contributed by atoms with Crippen LogP contribution in [0.15, 0.2) is 139 Å². The summed E-state index contributed by atoms with van der Waals surface area (Å²) >= 11 is 1.62. The van der Waals surface area contributed by atoms with Crippen molar-refractivity contribution in [2.24, 2.45) is 0 Å². The molecule has 0 aliphatic carbocycles. The zero-order valence-corrected chi connectivity index (χ0v) is 31.0. The van der Waals surface area contributed by atoms with Crippen molar-refractivity contribution in [2.75, 3.05) is 0 Å². The number of hydrogen-bond donors (Lipinski definition) is 0. The van der Waals surface area contributed by atoms with Crippen LogP contribution in [0, 0.1) is 13.8 Å². The van der Waals surface area contributed by atoms with Crippen molar-refractivity contribution in [1.82, 2.24) is 4.98 Å². The fraction of sp³-hybridized carbons (Fsp3) is 0.167. The number of thiazole rings is 1. The molecular formula is C42H44N2OSZr+. The third-order valence-electron chi connectivity index (χ3n) is 7.36. The molecule has 0 aliphatic heterocycles. The maximum atomic E-state index is 8.26. The molecule has 2 N–H and O–H groups in total. The second kappa shape index (κ2) is 18.9. The monoisotopic (exact) mass is 714 g/mol. The fourth-order valence-corrected chi connectivity index (χ4v) is 5.78. The summed E-state index contributed by atoms with van der Waals surface area (Å²) in [6.45, 7) is 16.3. The van der Waals surface area contributed by atoms with Gasteiger partial charge in [0.15, 0.2) is 0 Å². The molecule has 0 bridgehead atoms. The van der Waals surface area contributed by atoms with Gasteiger partial charge in [-0.15, -0.1) is 41.3 Å². The van der Waals surface area contributed by atoms with Gasteiger partial charge in [0.2, 0.25) is 0 Å². The smallest absolute Gasteiger partial charge is 0.672 e. The summed E-state index contributed by atoms with van der Waals surface area (Å²) in [5, 5.41) is 16.6. The van der Waals surface area contributed by atoms with E-state index in [2.05, 4.69) is 84.0 Å². The normalized spacial score (nSPS) is 10.9. The third-order valence-corrected chi connectivity index (χ3v) is 8.26. The molecule has 0 amide bonds. The molecule has 0 spiro atoms. The Kier molecular flexibility index (Phi) is 15.1. The Bertz CT molecular complexity index is 1690. The number of hydrogen-bond acceptors (Lipinski definition) is 2. The average Bonchev–Trinajstić information content (AvgIpc) is 3.55. The molecule has 1 atom stereocenters. The largest absolute Gasteiger partial charge is 3.00 e. The van der Waals surface area contributed by atoms with Crippen LogP contribution < -0.4 is 0 Å². The summed E-state index contributed by atoms with van der Waals surface area (Å²) in [6, 6.07) is 44.1. The molecule has 0 saturated carbocycles. The van der Waals surface area contributed by atoms with E-state index < -0.39 is 0 Å². The molecule has 47 heavy (non-hydrogen) atoms. The average molecular weight is 716 g/mol. The predicted molar refractivity (Wildman–Crippen MR) is 198 cm³/mol. The van der Waals surface area contributed by atoms with Crippen molar-refractivity contribution in [2.45, 2.75) is 45.6 Å². The SMILES string of the molecule is CC(C)c1cccc(C(C)C)c1[N-]C(c1ccccc1)c1nc(-c2ccccc2[OH2+])cs1.[CH2-]c1ccccc1.[CH2-]c1ccccc1.[Zr+3]. The van der Waals surface area contributed by atoms with E-state index in [9.17, 15) is 0 Å². The van der Waals surface area contributed by atoms with Crippen molar-refractivity contribution in [3.8, 4) is 17.0 Å². The molecule has 3 nitrogen and oxygen atoms in total. The topological polar surface area (TPSA) is 49.9 Å². The van der Waals surface area contributed by atoms with Gasteiger partial charge in [-0.2, -0.15) is 49.2 Å². The number of rotatable bonds is 7. The number of aromatic nitrogens is 1. The van der Waals surface area contributed by atoms with Crippen LogP contribution in [-0.2, 0) is 26.2 Å². The number of benzene rings is 5. The summed E-state index contributed by atoms with van der Waals surface area (Å²) in [5.41, 5.74) is 8.59. The molecule has 0 saturated heterocycles. The first-order chi connectivity index (χ1) is 22.2. The Morgan fingerprint density at radius 3 is 1.53 bits per heavy atom. The summed E-state index contributed by atoms with van der Waals surface area (Å²) < 4.78 is 0. The second-order valence-electron chi connectivity index (χ2n) is 11.6. The number of nitrogens with zero attached hydrogens (tertiary/aromatic N) is 2. The van der Waals surface area contributed by atoms with Gasteiger partial charge in [0.05, 0.1) is 16.3 Å². The van der Waals surface area contributed by atoms with Gasteiger partial charge in [-0.3, -0.25) is 0 Å². The van der Waals surface area contributed by atoms with E-state index >= 15 is 0 Å². The summed E-state index contributed by atoms with van der Waals surface area (Å²) in [4.78, 5) is 4.97. The molecule has 6 rings (SSSR count). The van der Waals surface area contributed by atoms with Crippen molar-refractivity contribution >= 4 is 17.0 Å². The van der Waals surface area contributed by atoms with Crippen LogP contribution in [0.2, 0.25) is 0 Å². The quantitative estimate of drug-likeness (QED) is 0.120. The molecule has 0 aliphatic rings. The van der Waals surface area contributed by atoms with E-state index in [1.165, 1.54) is 11.1 Å². The second-order valence-corrected chi connectivity index (χ2v) is 12.5. The maximum absolute atomic E-state index is 8.26. The van der Waals surface area contributed by atoms with Gasteiger partial charge in [0.1, 0.15) is 0 Å². The van der Waals surface area contributed by atoms with Crippen molar-refractivity contribution in [3.05, 3.63) is 191 Å². The Morgan fingerprint density at radius 1 is 0.617 bits per heavy atom. The van der Waals surface area contributed by atoms with E-state index in [1.807, 2.05) is 90.3 Å². The van der Waals surface area contributed by atoms with Crippen molar-refractivity contribution < 1.29 is 31.3 Å². The van der Waals surface area contributed by atoms with Crippen LogP contribution in [0.5, 0.6) is 5.75 Å². The molecule has 1 radical (unpaired) electrons. The van der Waals surface area contributed by atoms with Crippen molar-refractivity contribution in [3.63, 3.8) is 0 Å². The maximum Gasteiger partial charge on any atom is 3.00 e. The van der Waals surface area contributed by atoms with Gasteiger partial charge in [0.25, 0.3) is 5.75 Å². The fourth-order valence-electron chi connectivity index (χ4n) is 4.90. The first-order valence-corrected chi connectivity index (χ1v) is 16.5. The Balaban J connectivity index is 0.000000329. The van der Waals surface area contributed by atoms with E-state index in [0.29, 0.717) is 17.6 Å². The summed E-state index contributed by atoms with van der Waals surface area (Å²) in [6.07, 6.45) is 0. The van der Waals surface area contributed by atoms with Gasteiger partial charge in [-0.25, -0.2) is 4.98 Å². The molecular weight excluding hydrogens is 672 g/mol. The zero-order valence-electron chi connectivity index (χ0n) is 27.7. The molecule has 1 heterocycles. The van der Waals surface area contributed by atoms with Crippen LogP contribution >= 0.6 is 11.3 Å². The Hall–Kier alpha value is -4.05. The van der Waals surface area contributed by atoms with Gasteiger partial charge in [-0.1, -0.05) is 117 Å². The van der Waals surface area contributed by atoms with E-state index in [4.69, 9.17) is 15.4 Å². The molecule has 5 aromatic carbocycles. The van der Waals surface area contributed by atoms with E-state index in [0.717, 1.165) is 38.6 Å². The molecule has 5 heteroatoms. The van der Waals surface area contributed by atoms with Gasteiger partial charge in [0, 0.05) is 11.4 Å². The predicted octanol–water partition coefficient (Wildman–Crippen LogP) is 12.0. The van der Waals surface area contributed by atoms with Gasteiger partial charge >= 0.3 is 26.2 Å². The van der Waals surface area contributed by atoms with E-state index in [1.54, 1.807) is 17.4 Å². The molecule has 6 aromatic rings. The zero-order chi connectivity index (χ0) is 32.9. The first kappa shape index (κ1) is 37.4. The van der Waals surface area contributed by atoms with Gasteiger partial charge < -0.3 is 10.4 Å². The standard InChI is InChI=1S/C28H29N2OS.2C7H7.Zr/c1-18(2)21-14-10-15-22(19(3)4)27(21)30-26(20-11-6-5-7-12-20)28-29-24(17-32-28)23-13-8-9-16-25(23)31;2*1-7-5-3-2-4-6-7;/h5-19,26,31H,1-4H3;2*2-6H,1H2;/q3*-1;+3/p+1. The Labute approximate surface area is 304 Å². The third kappa shape index (κ3) is 11.0. The first-order valence-electron chi connectivity index (χ1n) is 15.6. The Morgan fingerprint density at radius 2 is 1.09 bits per heavy atom. The minimum atomic E-state index is -0.190.